The molecule has 0 saturated heterocycles. The first-order valence-electron chi connectivity index (χ1n) is 7.47. The second kappa shape index (κ2) is 7.13. The van der Waals surface area contributed by atoms with Crippen LogP contribution in [-0.2, 0) is 11.3 Å². The summed E-state index contributed by atoms with van der Waals surface area (Å²) in [7, 11) is 3.08. The van der Waals surface area contributed by atoms with Crippen molar-refractivity contribution >= 4 is 11.9 Å². The molecule has 10 heteroatoms. The number of benzene rings is 1. The van der Waals surface area contributed by atoms with Crippen molar-refractivity contribution in [3.05, 3.63) is 35.3 Å². The largest absolute Gasteiger partial charge is 0.497 e. The molecule has 2 heterocycles. The molecule has 1 aromatic carbocycles. The summed E-state index contributed by atoms with van der Waals surface area (Å²) >= 11 is 0. The van der Waals surface area contributed by atoms with E-state index in [2.05, 4.69) is 15.3 Å². The topological polar surface area (TPSA) is 136 Å². The van der Waals surface area contributed by atoms with E-state index < -0.39 is 5.97 Å². The number of carbonyl (C=O) groups excluding carboxylic acids is 1. The van der Waals surface area contributed by atoms with E-state index in [9.17, 15) is 4.79 Å². The van der Waals surface area contributed by atoms with Crippen LogP contribution in [0, 0.1) is 6.92 Å². The van der Waals surface area contributed by atoms with Crippen molar-refractivity contribution in [3.8, 4) is 22.9 Å². The van der Waals surface area contributed by atoms with Gasteiger partial charge in [0.25, 0.3) is 5.89 Å². The third-order valence-corrected chi connectivity index (χ3v) is 3.54. The van der Waals surface area contributed by atoms with Gasteiger partial charge in [0.15, 0.2) is 6.61 Å². The second-order valence-corrected chi connectivity index (χ2v) is 5.16. The van der Waals surface area contributed by atoms with Crippen LogP contribution in [0.2, 0.25) is 0 Å². The van der Waals surface area contributed by atoms with Gasteiger partial charge in [-0.05, 0) is 19.1 Å². The minimum absolute atomic E-state index is 0.0709. The molecule has 0 aliphatic heterocycles. The molecule has 2 aromatic heterocycles. The number of carbonyl (C=O) groups is 1. The van der Waals surface area contributed by atoms with Gasteiger partial charge >= 0.3 is 5.97 Å². The van der Waals surface area contributed by atoms with Gasteiger partial charge in [0.1, 0.15) is 17.1 Å². The number of methoxy groups -OCH3 is 2. The van der Waals surface area contributed by atoms with Crippen molar-refractivity contribution in [2.45, 2.75) is 13.5 Å². The Hall–Kier alpha value is -3.56. The SMILES string of the molecule is COc1ccc(-c2noc(COC(=O)c3c(C)noc3N)n2)c(OC)c1. The molecule has 3 rings (SSSR count). The molecule has 136 valence electrons. The minimum atomic E-state index is -0.692. The lowest BCUT2D eigenvalue weighted by Crippen LogP contribution is -2.08. The number of nitrogens with zero attached hydrogens (tertiary/aromatic N) is 3. The smallest absolute Gasteiger partial charge is 0.346 e. The van der Waals surface area contributed by atoms with Crippen molar-refractivity contribution in [2.24, 2.45) is 0 Å². The summed E-state index contributed by atoms with van der Waals surface area (Å²) in [4.78, 5) is 16.2. The number of nitrogens with two attached hydrogens (primary N) is 1. The fourth-order valence-electron chi connectivity index (χ4n) is 2.24. The van der Waals surface area contributed by atoms with E-state index in [-0.39, 0.29) is 29.8 Å². The first-order valence-corrected chi connectivity index (χ1v) is 7.47. The monoisotopic (exact) mass is 360 g/mol. The standard InChI is InChI=1S/C16H16N4O6/c1-8-13(14(17)26-19-8)16(21)24-7-12-18-15(20-25-12)10-5-4-9(22-2)6-11(10)23-3/h4-6H,7,17H2,1-3H3. The summed E-state index contributed by atoms with van der Waals surface area (Å²) in [5.41, 5.74) is 6.55. The third-order valence-electron chi connectivity index (χ3n) is 3.54. The third kappa shape index (κ3) is 3.29. The van der Waals surface area contributed by atoms with Gasteiger partial charge in [-0.25, -0.2) is 4.79 Å². The Balaban J connectivity index is 1.74. The van der Waals surface area contributed by atoms with Gasteiger partial charge in [-0.15, -0.1) is 0 Å². The number of hydrogen-bond acceptors (Lipinski definition) is 10. The van der Waals surface area contributed by atoms with Gasteiger partial charge in [0, 0.05) is 6.07 Å². The first-order chi connectivity index (χ1) is 12.5. The average molecular weight is 360 g/mol. The molecule has 0 bridgehead atoms. The molecule has 26 heavy (non-hydrogen) atoms. The molecule has 0 aliphatic rings. The fourth-order valence-corrected chi connectivity index (χ4v) is 2.24. The van der Waals surface area contributed by atoms with E-state index in [4.69, 9.17) is 29.0 Å². The lowest BCUT2D eigenvalue weighted by molar-refractivity contribution is 0.0430. The molecule has 0 aliphatic carbocycles. The normalized spacial score (nSPS) is 10.6. The molecule has 10 nitrogen and oxygen atoms in total. The second-order valence-electron chi connectivity index (χ2n) is 5.16. The zero-order valence-corrected chi connectivity index (χ0v) is 14.3. The molecule has 0 saturated carbocycles. The Labute approximate surface area is 147 Å². The van der Waals surface area contributed by atoms with Crippen LogP contribution in [0.5, 0.6) is 11.5 Å². The Bertz CT molecular complexity index is 913. The van der Waals surface area contributed by atoms with Crippen LogP contribution in [0.3, 0.4) is 0 Å². The van der Waals surface area contributed by atoms with E-state index in [0.29, 0.717) is 22.8 Å². The van der Waals surface area contributed by atoms with Gasteiger partial charge in [-0.3, -0.25) is 0 Å². The number of rotatable bonds is 6. The molecular formula is C16H16N4O6. The van der Waals surface area contributed by atoms with Gasteiger partial charge in [0.05, 0.1) is 25.5 Å². The average Bonchev–Trinajstić information content (AvgIpc) is 3.25. The summed E-state index contributed by atoms with van der Waals surface area (Å²) in [6.07, 6.45) is 0. The quantitative estimate of drug-likeness (QED) is 0.650. The van der Waals surface area contributed by atoms with Crippen molar-refractivity contribution in [2.75, 3.05) is 20.0 Å². The molecule has 3 aromatic rings. The summed E-state index contributed by atoms with van der Waals surface area (Å²) in [6.45, 7) is 1.35. The molecule has 0 radical (unpaired) electrons. The zero-order valence-electron chi connectivity index (χ0n) is 14.3. The highest BCUT2D eigenvalue weighted by Gasteiger charge is 2.21. The number of esters is 1. The molecular weight excluding hydrogens is 344 g/mol. The predicted octanol–water partition coefficient (Wildman–Crippen LogP) is 1.99. The number of aryl methyl sites for hydroxylation is 1. The van der Waals surface area contributed by atoms with Crippen LogP contribution < -0.4 is 15.2 Å². The molecule has 0 atom stereocenters. The Morgan fingerprint density at radius 2 is 2.00 bits per heavy atom. The molecule has 2 N–H and O–H groups in total. The van der Waals surface area contributed by atoms with Crippen molar-refractivity contribution < 1.29 is 28.1 Å². The minimum Gasteiger partial charge on any atom is -0.497 e. The van der Waals surface area contributed by atoms with Crippen molar-refractivity contribution in [1.29, 1.82) is 0 Å². The highest BCUT2D eigenvalue weighted by atomic mass is 16.6. The maximum atomic E-state index is 12.0. The van der Waals surface area contributed by atoms with Crippen LogP contribution >= 0.6 is 0 Å². The highest BCUT2D eigenvalue weighted by Crippen LogP contribution is 2.31. The van der Waals surface area contributed by atoms with Gasteiger partial charge < -0.3 is 29.0 Å². The van der Waals surface area contributed by atoms with E-state index >= 15 is 0 Å². The van der Waals surface area contributed by atoms with E-state index in [1.807, 2.05) is 0 Å². The lowest BCUT2D eigenvalue weighted by Gasteiger charge is -2.07. The maximum absolute atomic E-state index is 12.0. The van der Waals surface area contributed by atoms with E-state index in [1.165, 1.54) is 7.11 Å². The van der Waals surface area contributed by atoms with E-state index in [0.717, 1.165) is 0 Å². The maximum Gasteiger partial charge on any atom is 0.346 e. The van der Waals surface area contributed by atoms with E-state index in [1.54, 1.807) is 32.2 Å². The van der Waals surface area contributed by atoms with Gasteiger partial charge in [-0.1, -0.05) is 10.3 Å². The van der Waals surface area contributed by atoms with Crippen LogP contribution in [-0.4, -0.2) is 35.5 Å². The number of ether oxygens (including phenoxy) is 3. The van der Waals surface area contributed by atoms with Gasteiger partial charge in [-0.2, -0.15) is 4.98 Å². The van der Waals surface area contributed by atoms with Crippen LogP contribution in [0.1, 0.15) is 21.9 Å². The van der Waals surface area contributed by atoms with Crippen LogP contribution in [0.25, 0.3) is 11.4 Å². The Kier molecular flexibility index (Phi) is 4.74. The summed E-state index contributed by atoms with van der Waals surface area (Å²) in [6, 6.07) is 5.17. The molecule has 0 spiro atoms. The van der Waals surface area contributed by atoms with Crippen LogP contribution in [0.15, 0.2) is 27.2 Å². The van der Waals surface area contributed by atoms with Crippen molar-refractivity contribution in [3.63, 3.8) is 0 Å². The summed E-state index contributed by atoms with van der Waals surface area (Å²) < 4.78 is 25.4. The predicted molar refractivity (Wildman–Crippen MR) is 87.6 cm³/mol. The summed E-state index contributed by atoms with van der Waals surface area (Å²) in [5, 5.41) is 7.47. The summed E-state index contributed by atoms with van der Waals surface area (Å²) in [5.74, 6) is 0.742. The first kappa shape index (κ1) is 17.3. The fraction of sp³-hybridized carbons (Fsp3) is 0.250. The number of hydrogen-bond donors (Lipinski definition) is 1. The Morgan fingerprint density at radius 1 is 1.19 bits per heavy atom. The molecule has 0 fully saturated rings. The number of aromatic nitrogens is 3. The molecule has 0 unspecified atom stereocenters. The van der Waals surface area contributed by atoms with Crippen LogP contribution in [0.4, 0.5) is 5.88 Å². The number of anilines is 1. The van der Waals surface area contributed by atoms with Crippen molar-refractivity contribution in [1.82, 2.24) is 15.3 Å². The van der Waals surface area contributed by atoms with Gasteiger partial charge in [0.2, 0.25) is 11.7 Å². The lowest BCUT2D eigenvalue weighted by atomic mass is 10.2. The number of nitrogen functional groups attached to an aromatic ring is 1. The highest BCUT2D eigenvalue weighted by molar-refractivity contribution is 5.94. The Morgan fingerprint density at radius 3 is 2.65 bits per heavy atom. The zero-order chi connectivity index (χ0) is 18.7. The molecule has 0 amide bonds.